The number of piperidine rings is 1. The summed E-state index contributed by atoms with van der Waals surface area (Å²) >= 11 is 1.56. The summed E-state index contributed by atoms with van der Waals surface area (Å²) in [6, 6.07) is 13.6. The zero-order valence-corrected chi connectivity index (χ0v) is 18.5. The SMILES string of the molecule is CSc1nc2c(N)nc3ccccc3c2n1Cc1ccc(CN2CCCCC2)c(F)c1. The number of nitrogen functional groups attached to an aromatic ring is 1. The van der Waals surface area contributed by atoms with Crippen molar-refractivity contribution in [3.63, 3.8) is 0 Å². The number of thioether (sulfide) groups is 1. The molecule has 2 aromatic carbocycles. The van der Waals surface area contributed by atoms with E-state index in [1.54, 1.807) is 17.8 Å². The summed E-state index contributed by atoms with van der Waals surface area (Å²) in [7, 11) is 0. The molecule has 0 spiro atoms. The van der Waals surface area contributed by atoms with Crippen molar-refractivity contribution in [3.05, 3.63) is 59.4 Å². The summed E-state index contributed by atoms with van der Waals surface area (Å²) in [5.74, 6) is 0.287. The third-order valence-electron chi connectivity index (χ3n) is 6.06. The van der Waals surface area contributed by atoms with E-state index in [1.165, 1.54) is 19.3 Å². The van der Waals surface area contributed by atoms with Gasteiger partial charge in [-0.3, -0.25) is 4.90 Å². The van der Waals surface area contributed by atoms with Crippen LogP contribution < -0.4 is 5.73 Å². The second-order valence-corrected chi connectivity index (χ2v) is 8.93. The van der Waals surface area contributed by atoms with Gasteiger partial charge in [-0.1, -0.05) is 48.5 Å². The molecule has 1 fully saturated rings. The predicted molar refractivity (Wildman–Crippen MR) is 126 cm³/mol. The highest BCUT2D eigenvalue weighted by Crippen LogP contribution is 2.32. The van der Waals surface area contributed by atoms with Crippen LogP contribution in [0.3, 0.4) is 0 Å². The van der Waals surface area contributed by atoms with Crippen molar-refractivity contribution in [2.75, 3.05) is 25.1 Å². The Bertz CT molecular complexity index is 1250. The summed E-state index contributed by atoms with van der Waals surface area (Å²) in [5, 5.41) is 1.85. The Morgan fingerprint density at radius 3 is 2.61 bits per heavy atom. The van der Waals surface area contributed by atoms with Crippen LogP contribution in [0.4, 0.5) is 10.2 Å². The topological polar surface area (TPSA) is 60.0 Å². The molecule has 7 heteroatoms. The average molecular weight is 436 g/mol. The molecular weight excluding hydrogens is 409 g/mol. The number of nitrogens with two attached hydrogens (primary N) is 1. The Morgan fingerprint density at radius 2 is 1.84 bits per heavy atom. The number of aromatic nitrogens is 3. The summed E-state index contributed by atoms with van der Waals surface area (Å²) in [5.41, 5.74) is 10.4. The van der Waals surface area contributed by atoms with Crippen molar-refractivity contribution >= 4 is 39.5 Å². The lowest BCUT2D eigenvalue weighted by Gasteiger charge is -2.26. The monoisotopic (exact) mass is 435 g/mol. The molecule has 5 rings (SSSR count). The lowest BCUT2D eigenvalue weighted by Crippen LogP contribution is -2.29. The number of hydrogen-bond acceptors (Lipinski definition) is 5. The van der Waals surface area contributed by atoms with Crippen LogP contribution in [0.2, 0.25) is 0 Å². The first-order valence-corrected chi connectivity index (χ1v) is 11.9. The fourth-order valence-corrected chi connectivity index (χ4v) is 5.06. The summed E-state index contributed by atoms with van der Waals surface area (Å²) < 4.78 is 17.1. The van der Waals surface area contributed by atoms with Crippen molar-refractivity contribution < 1.29 is 4.39 Å². The molecule has 0 amide bonds. The minimum atomic E-state index is -0.135. The van der Waals surface area contributed by atoms with Crippen LogP contribution in [-0.2, 0) is 13.1 Å². The molecule has 3 heterocycles. The minimum absolute atomic E-state index is 0.135. The maximum absolute atomic E-state index is 15.0. The quantitative estimate of drug-likeness (QED) is 0.444. The molecule has 31 heavy (non-hydrogen) atoms. The molecule has 5 nitrogen and oxygen atoms in total. The molecule has 1 aliphatic rings. The van der Waals surface area contributed by atoms with Crippen LogP contribution in [0, 0.1) is 5.82 Å². The zero-order chi connectivity index (χ0) is 21.4. The van der Waals surface area contributed by atoms with E-state index >= 15 is 0 Å². The van der Waals surface area contributed by atoms with Crippen molar-refractivity contribution in [1.29, 1.82) is 0 Å². The molecule has 0 atom stereocenters. The van der Waals surface area contributed by atoms with Gasteiger partial charge in [0.25, 0.3) is 0 Å². The zero-order valence-electron chi connectivity index (χ0n) is 17.6. The van der Waals surface area contributed by atoms with E-state index in [0.717, 1.165) is 45.8 Å². The molecule has 0 radical (unpaired) electrons. The third-order valence-corrected chi connectivity index (χ3v) is 6.74. The van der Waals surface area contributed by atoms with Crippen LogP contribution >= 0.6 is 11.8 Å². The van der Waals surface area contributed by atoms with E-state index < -0.39 is 0 Å². The number of fused-ring (bicyclic) bond motifs is 3. The number of hydrogen-bond donors (Lipinski definition) is 1. The Kier molecular flexibility index (Phi) is 5.54. The molecule has 160 valence electrons. The van der Waals surface area contributed by atoms with Gasteiger partial charge in [0.2, 0.25) is 0 Å². The molecule has 1 saturated heterocycles. The third kappa shape index (κ3) is 3.88. The minimum Gasteiger partial charge on any atom is -0.382 e. The number of nitrogens with zero attached hydrogens (tertiary/aromatic N) is 4. The first-order valence-electron chi connectivity index (χ1n) is 10.7. The van der Waals surface area contributed by atoms with Crippen LogP contribution in [0.1, 0.15) is 30.4 Å². The lowest BCUT2D eigenvalue weighted by molar-refractivity contribution is 0.218. The van der Waals surface area contributed by atoms with Crippen LogP contribution in [0.5, 0.6) is 0 Å². The van der Waals surface area contributed by atoms with Crippen molar-refractivity contribution in [3.8, 4) is 0 Å². The van der Waals surface area contributed by atoms with Crippen molar-refractivity contribution in [1.82, 2.24) is 19.4 Å². The van der Waals surface area contributed by atoms with Gasteiger partial charge >= 0.3 is 0 Å². The maximum atomic E-state index is 15.0. The van der Waals surface area contributed by atoms with Crippen molar-refractivity contribution in [2.45, 2.75) is 37.5 Å². The largest absolute Gasteiger partial charge is 0.382 e. The van der Waals surface area contributed by atoms with Gasteiger partial charge in [0, 0.05) is 17.5 Å². The van der Waals surface area contributed by atoms with Crippen LogP contribution in [-0.4, -0.2) is 38.8 Å². The second-order valence-electron chi connectivity index (χ2n) is 8.16. The normalized spacial score (nSPS) is 15.2. The highest BCUT2D eigenvalue weighted by atomic mass is 32.2. The van der Waals surface area contributed by atoms with E-state index in [1.807, 2.05) is 42.7 Å². The van der Waals surface area contributed by atoms with E-state index in [2.05, 4.69) is 14.5 Å². The number of likely N-dealkylation sites (tertiary alicyclic amines) is 1. The molecular formula is C24H26FN5S. The van der Waals surface area contributed by atoms with Gasteiger partial charge in [0.05, 0.1) is 17.6 Å². The van der Waals surface area contributed by atoms with Gasteiger partial charge in [-0.25, -0.2) is 14.4 Å². The maximum Gasteiger partial charge on any atom is 0.169 e. The van der Waals surface area contributed by atoms with Gasteiger partial charge in [-0.2, -0.15) is 0 Å². The van der Waals surface area contributed by atoms with E-state index in [4.69, 9.17) is 10.7 Å². The summed E-state index contributed by atoms with van der Waals surface area (Å²) in [6.45, 7) is 3.33. The number of benzene rings is 2. The molecule has 4 aromatic rings. The highest BCUT2D eigenvalue weighted by molar-refractivity contribution is 7.98. The van der Waals surface area contributed by atoms with Crippen LogP contribution in [0.25, 0.3) is 21.9 Å². The van der Waals surface area contributed by atoms with Crippen LogP contribution in [0.15, 0.2) is 47.6 Å². The van der Waals surface area contributed by atoms with E-state index in [-0.39, 0.29) is 5.82 Å². The lowest BCUT2D eigenvalue weighted by atomic mass is 10.1. The Balaban J connectivity index is 1.52. The number of pyridine rings is 1. The first-order chi connectivity index (χ1) is 15.1. The molecule has 0 bridgehead atoms. The Hall–Kier alpha value is -2.64. The van der Waals surface area contributed by atoms with Gasteiger partial charge < -0.3 is 10.3 Å². The van der Waals surface area contributed by atoms with Crippen molar-refractivity contribution in [2.24, 2.45) is 0 Å². The van der Waals surface area contributed by atoms with Gasteiger partial charge in [0.15, 0.2) is 11.0 Å². The smallest absolute Gasteiger partial charge is 0.169 e. The van der Waals surface area contributed by atoms with Gasteiger partial charge in [-0.05, 0) is 49.9 Å². The van der Waals surface area contributed by atoms with E-state index in [0.29, 0.717) is 24.4 Å². The van der Waals surface area contributed by atoms with Gasteiger partial charge in [0.1, 0.15) is 11.3 Å². The molecule has 0 saturated carbocycles. The summed E-state index contributed by atoms with van der Waals surface area (Å²) in [4.78, 5) is 11.6. The molecule has 2 aromatic heterocycles. The molecule has 1 aliphatic heterocycles. The number of imidazole rings is 1. The predicted octanol–water partition coefficient (Wildman–Crippen LogP) is 5.06. The average Bonchev–Trinajstić information content (AvgIpc) is 3.16. The number of rotatable bonds is 5. The number of para-hydroxylation sites is 1. The molecule has 0 aliphatic carbocycles. The second kappa shape index (κ2) is 8.48. The standard InChI is InChI=1S/C24H26FN5S/c1-31-24-28-21-22(18-7-3-4-8-20(18)27-23(21)26)30(24)14-16-9-10-17(19(25)13-16)15-29-11-5-2-6-12-29/h3-4,7-10,13H,2,5-6,11-12,14-15H2,1H3,(H2,26,27). The number of anilines is 1. The summed E-state index contributed by atoms with van der Waals surface area (Å²) in [6.07, 6.45) is 5.68. The molecule has 0 unspecified atom stereocenters. The van der Waals surface area contributed by atoms with E-state index in [9.17, 15) is 4.39 Å². The fraction of sp³-hybridized carbons (Fsp3) is 0.333. The highest BCUT2D eigenvalue weighted by Gasteiger charge is 2.18. The Labute approximate surface area is 185 Å². The Morgan fingerprint density at radius 1 is 1.03 bits per heavy atom. The van der Waals surface area contributed by atoms with Gasteiger partial charge in [-0.15, -0.1) is 0 Å². The number of halogens is 1. The first kappa shape index (κ1) is 20.3. The fourth-order valence-electron chi connectivity index (χ4n) is 4.50. The molecule has 2 N–H and O–H groups in total.